The number of rotatable bonds is 16. The molecule has 0 spiro atoms. The molecule has 0 saturated heterocycles. The van der Waals surface area contributed by atoms with Crippen LogP contribution < -0.4 is 0 Å². The van der Waals surface area contributed by atoms with Crippen molar-refractivity contribution in [3.05, 3.63) is 0 Å². The zero-order chi connectivity index (χ0) is 15.8. The summed E-state index contributed by atoms with van der Waals surface area (Å²) in [4.78, 5) is 0. The summed E-state index contributed by atoms with van der Waals surface area (Å²) in [6.07, 6.45) is 13.3. The van der Waals surface area contributed by atoms with Gasteiger partial charge in [-0.25, -0.2) is 8.37 Å². The minimum Gasteiger partial charge on any atom is -0.248 e. The summed E-state index contributed by atoms with van der Waals surface area (Å²) < 4.78 is 32.6. The minimum absolute atomic E-state index is 0. The van der Waals surface area contributed by atoms with Crippen molar-refractivity contribution in [3.8, 4) is 0 Å². The quantitative estimate of drug-likeness (QED) is 0.303. The Morgan fingerprint density at radius 2 is 0.909 bits per heavy atom. The Bertz CT molecular complexity index is 307. The second-order valence-corrected chi connectivity index (χ2v) is 6.88. The smallest absolute Gasteiger partial charge is 0.248 e. The van der Waals surface area contributed by atoms with Crippen molar-refractivity contribution in [2.45, 2.75) is 90.9 Å². The normalized spacial score (nSPS) is 11.4. The molecule has 0 bridgehead atoms. The van der Waals surface area contributed by atoms with Gasteiger partial charge < -0.3 is 0 Å². The van der Waals surface area contributed by atoms with E-state index in [1.165, 1.54) is 38.5 Å². The topological polar surface area (TPSA) is 52.6 Å². The van der Waals surface area contributed by atoms with E-state index in [-0.39, 0.29) is 42.8 Å². The van der Waals surface area contributed by atoms with Gasteiger partial charge in [0.05, 0.1) is 13.2 Å². The van der Waals surface area contributed by atoms with E-state index >= 15 is 0 Å². The number of unbranched alkanes of at least 4 members (excludes halogenated alkanes) is 10. The third kappa shape index (κ3) is 18.9. The molecule has 4 nitrogen and oxygen atoms in total. The van der Waals surface area contributed by atoms with Gasteiger partial charge in [-0.15, -0.1) is 0 Å². The fourth-order valence-corrected chi connectivity index (χ4v) is 2.83. The molecule has 6 heteroatoms. The first-order valence-corrected chi connectivity index (χ1v) is 9.99. The maximum Gasteiger partial charge on any atom is 0.399 e. The first-order valence-electron chi connectivity index (χ1n) is 8.66. The van der Waals surface area contributed by atoms with Crippen LogP contribution in [0.1, 0.15) is 90.9 Å². The van der Waals surface area contributed by atoms with Crippen molar-refractivity contribution in [1.82, 2.24) is 0 Å². The predicted molar refractivity (Wildman–Crippen MR) is 93.3 cm³/mol. The molecule has 0 N–H and O–H groups in total. The number of hydrogen-bond donors (Lipinski definition) is 0. The van der Waals surface area contributed by atoms with Gasteiger partial charge in [-0.1, -0.05) is 78.1 Å². The molecule has 0 heterocycles. The van der Waals surface area contributed by atoms with E-state index in [4.69, 9.17) is 8.37 Å². The maximum absolute atomic E-state index is 11.4. The van der Waals surface area contributed by atoms with E-state index in [0.717, 1.165) is 38.5 Å². The third-order valence-electron chi connectivity index (χ3n) is 3.45. The van der Waals surface area contributed by atoms with Crippen LogP contribution in [-0.2, 0) is 18.8 Å². The molecule has 0 aliphatic heterocycles. The summed E-state index contributed by atoms with van der Waals surface area (Å²) >= 11 is 0. The number of hydrogen-bond acceptors (Lipinski definition) is 4. The molecule has 0 unspecified atom stereocenters. The minimum atomic E-state index is -3.78. The van der Waals surface area contributed by atoms with E-state index < -0.39 is 10.4 Å². The van der Waals surface area contributed by atoms with Crippen LogP contribution in [0, 0.1) is 0 Å². The van der Waals surface area contributed by atoms with Crippen LogP contribution in [0.3, 0.4) is 0 Å². The van der Waals surface area contributed by atoms with E-state index in [0.29, 0.717) is 0 Å². The molecule has 22 heavy (non-hydrogen) atoms. The third-order valence-corrected chi connectivity index (χ3v) is 4.36. The van der Waals surface area contributed by atoms with Crippen LogP contribution in [-0.4, -0.2) is 51.2 Å². The van der Waals surface area contributed by atoms with Crippen LogP contribution >= 0.6 is 0 Å². The molecule has 0 rings (SSSR count). The van der Waals surface area contributed by atoms with Gasteiger partial charge in [0.15, 0.2) is 0 Å². The fourth-order valence-electron chi connectivity index (χ4n) is 2.12. The van der Waals surface area contributed by atoms with Crippen LogP contribution in [0.4, 0.5) is 0 Å². The molecule has 0 aliphatic rings. The molecule has 0 saturated carbocycles. The van der Waals surface area contributed by atoms with Gasteiger partial charge in [-0.3, -0.25) is 0 Å². The van der Waals surface area contributed by atoms with Crippen molar-refractivity contribution in [1.29, 1.82) is 0 Å². The summed E-state index contributed by atoms with van der Waals surface area (Å²) in [5, 5.41) is 0. The Kier molecular flexibility index (Phi) is 20.8. The molecule has 0 fully saturated rings. The summed E-state index contributed by atoms with van der Waals surface area (Å²) in [6, 6.07) is 0. The van der Waals surface area contributed by atoms with Crippen molar-refractivity contribution < 1.29 is 16.8 Å². The van der Waals surface area contributed by atoms with Crippen molar-refractivity contribution in [2.75, 3.05) is 13.2 Å². The first-order chi connectivity index (χ1) is 10.1. The summed E-state index contributed by atoms with van der Waals surface area (Å²) in [7, 11) is -3.78. The zero-order valence-electron chi connectivity index (χ0n) is 14.9. The summed E-state index contributed by atoms with van der Waals surface area (Å²) in [5.74, 6) is 0. The molecule has 129 valence electrons. The maximum atomic E-state index is 11.4. The van der Waals surface area contributed by atoms with Gasteiger partial charge in [0, 0.05) is 29.6 Å². The Balaban J connectivity index is 0. The zero-order valence-corrected chi connectivity index (χ0v) is 17.8. The molecular formula is C16H34NaO4S. The van der Waals surface area contributed by atoms with Crippen molar-refractivity contribution >= 4 is 40.0 Å². The molecule has 1 radical (unpaired) electrons. The molecule has 0 aromatic heterocycles. The predicted octanol–water partition coefficient (Wildman–Crippen LogP) is 4.60. The van der Waals surface area contributed by atoms with E-state index in [1.54, 1.807) is 0 Å². The van der Waals surface area contributed by atoms with Gasteiger partial charge >= 0.3 is 10.4 Å². The first kappa shape index (κ1) is 25.1. The SMILES string of the molecule is CCCCCCCCCOS(=O)(=O)OCCCCCCC.[Na]. The Hall–Kier alpha value is 0.870. The monoisotopic (exact) mass is 345 g/mol. The Morgan fingerprint density at radius 1 is 0.591 bits per heavy atom. The standard InChI is InChI=1S/C16H34O4S.Na/c1-3-5-7-9-10-12-14-16-20-21(17,18)19-15-13-11-8-6-4-2;/h3-16H2,1-2H3;. The van der Waals surface area contributed by atoms with E-state index in [9.17, 15) is 8.42 Å². The summed E-state index contributed by atoms with van der Waals surface area (Å²) in [6.45, 7) is 4.83. The van der Waals surface area contributed by atoms with Gasteiger partial charge in [0.2, 0.25) is 0 Å². The molecule has 0 aromatic carbocycles. The molecule has 0 atom stereocenters. The van der Waals surface area contributed by atoms with Gasteiger partial charge in [0.1, 0.15) is 0 Å². The van der Waals surface area contributed by atoms with Crippen LogP contribution in [0.15, 0.2) is 0 Å². The van der Waals surface area contributed by atoms with Crippen molar-refractivity contribution in [2.24, 2.45) is 0 Å². The Morgan fingerprint density at radius 3 is 1.27 bits per heavy atom. The fraction of sp³-hybridized carbons (Fsp3) is 1.00. The Labute approximate surface area is 160 Å². The van der Waals surface area contributed by atoms with Crippen LogP contribution in [0.5, 0.6) is 0 Å². The van der Waals surface area contributed by atoms with Crippen LogP contribution in [0.2, 0.25) is 0 Å². The molecule has 0 aromatic rings. The van der Waals surface area contributed by atoms with Crippen molar-refractivity contribution in [3.63, 3.8) is 0 Å². The van der Waals surface area contributed by atoms with Gasteiger partial charge in [-0.2, -0.15) is 8.42 Å². The second kappa shape index (κ2) is 18.2. The van der Waals surface area contributed by atoms with E-state index in [2.05, 4.69) is 13.8 Å². The second-order valence-electron chi connectivity index (χ2n) is 5.59. The average molecular weight is 346 g/mol. The van der Waals surface area contributed by atoms with E-state index in [1.807, 2.05) is 0 Å². The van der Waals surface area contributed by atoms with Crippen LogP contribution in [0.25, 0.3) is 0 Å². The molecule has 0 amide bonds. The molecular weight excluding hydrogens is 311 g/mol. The van der Waals surface area contributed by atoms with Gasteiger partial charge in [-0.05, 0) is 12.8 Å². The largest absolute Gasteiger partial charge is 0.399 e. The summed E-state index contributed by atoms with van der Waals surface area (Å²) in [5.41, 5.74) is 0. The van der Waals surface area contributed by atoms with Gasteiger partial charge in [0.25, 0.3) is 0 Å². The average Bonchev–Trinajstić information content (AvgIpc) is 2.45. The molecule has 0 aliphatic carbocycles.